The minimum absolute atomic E-state index is 0.155. The number of nitrogens with one attached hydrogen (secondary N) is 1. The average Bonchev–Trinajstić information content (AvgIpc) is 2.99. The summed E-state index contributed by atoms with van der Waals surface area (Å²) < 4.78 is 2.05. The fraction of sp³-hybridized carbons (Fsp3) is 0.500. The van der Waals surface area contributed by atoms with Crippen molar-refractivity contribution in [1.82, 2.24) is 24.6 Å². The maximum absolute atomic E-state index is 9.55. The first-order valence-electron chi connectivity index (χ1n) is 6.09. The van der Waals surface area contributed by atoms with Gasteiger partial charge in [-0.25, -0.2) is 4.98 Å². The number of H-pyrrole nitrogens is 1. The van der Waals surface area contributed by atoms with E-state index in [1.54, 1.807) is 0 Å². The van der Waals surface area contributed by atoms with E-state index >= 15 is 0 Å². The molecule has 3 heterocycles. The molecule has 2 aromatic heterocycles. The Morgan fingerprint density at radius 2 is 2.44 bits per heavy atom. The van der Waals surface area contributed by atoms with Gasteiger partial charge in [-0.05, 0) is 0 Å². The standard InChI is InChI=1S/C12H17N5O/c1-16-8-13-11-6-17(5-9-3-14-15-4-9)10(7-18)2-12(11)16/h3-4,8,10,18H,2,5-7H2,1H3,(H,14,15)/t10-/m1/s1. The highest BCUT2D eigenvalue weighted by Crippen LogP contribution is 2.23. The molecule has 3 rings (SSSR count). The van der Waals surface area contributed by atoms with Crippen LogP contribution in [0.15, 0.2) is 18.7 Å². The Labute approximate surface area is 105 Å². The molecule has 1 aliphatic heterocycles. The summed E-state index contributed by atoms with van der Waals surface area (Å²) in [5, 5.41) is 16.3. The zero-order valence-corrected chi connectivity index (χ0v) is 10.4. The van der Waals surface area contributed by atoms with Crippen molar-refractivity contribution in [2.45, 2.75) is 25.6 Å². The summed E-state index contributed by atoms with van der Waals surface area (Å²) in [4.78, 5) is 6.67. The number of fused-ring (bicyclic) bond motifs is 1. The van der Waals surface area contributed by atoms with Crippen LogP contribution in [0.1, 0.15) is 17.0 Å². The van der Waals surface area contributed by atoms with Gasteiger partial charge in [0.1, 0.15) is 0 Å². The lowest BCUT2D eigenvalue weighted by Gasteiger charge is -2.34. The van der Waals surface area contributed by atoms with E-state index in [0.29, 0.717) is 0 Å². The third-order valence-electron chi connectivity index (χ3n) is 3.60. The summed E-state index contributed by atoms with van der Waals surface area (Å²) in [6.07, 6.45) is 6.41. The zero-order valence-electron chi connectivity index (χ0n) is 10.4. The topological polar surface area (TPSA) is 70.0 Å². The van der Waals surface area contributed by atoms with Crippen molar-refractivity contribution in [1.29, 1.82) is 0 Å². The largest absolute Gasteiger partial charge is 0.395 e. The second-order valence-electron chi connectivity index (χ2n) is 4.80. The molecule has 6 nitrogen and oxygen atoms in total. The average molecular weight is 247 g/mol. The molecule has 1 atom stereocenters. The molecular weight excluding hydrogens is 230 g/mol. The van der Waals surface area contributed by atoms with Crippen molar-refractivity contribution >= 4 is 0 Å². The maximum Gasteiger partial charge on any atom is 0.0949 e. The predicted octanol–water partition coefficient (Wildman–Crippen LogP) is 0.0624. The SMILES string of the molecule is Cn1cnc2c1C[C@H](CO)N(Cc1cn[nH]c1)C2. The molecule has 0 fully saturated rings. The van der Waals surface area contributed by atoms with Gasteiger partial charge in [-0.2, -0.15) is 5.10 Å². The van der Waals surface area contributed by atoms with Gasteiger partial charge in [0.05, 0.1) is 24.8 Å². The lowest BCUT2D eigenvalue weighted by Crippen LogP contribution is -2.42. The maximum atomic E-state index is 9.55. The Bertz CT molecular complexity index is 519. The van der Waals surface area contributed by atoms with E-state index in [9.17, 15) is 5.11 Å². The molecule has 0 bridgehead atoms. The third-order valence-corrected chi connectivity index (χ3v) is 3.60. The van der Waals surface area contributed by atoms with E-state index in [4.69, 9.17) is 0 Å². The first-order chi connectivity index (χ1) is 8.78. The fourth-order valence-electron chi connectivity index (χ4n) is 2.54. The first kappa shape index (κ1) is 11.4. The number of aliphatic hydroxyl groups excluding tert-OH is 1. The first-order valence-corrected chi connectivity index (χ1v) is 6.09. The van der Waals surface area contributed by atoms with Crippen LogP contribution in [0.25, 0.3) is 0 Å². The number of rotatable bonds is 3. The van der Waals surface area contributed by atoms with Crippen molar-refractivity contribution in [2.24, 2.45) is 7.05 Å². The molecule has 0 aliphatic carbocycles. The summed E-state index contributed by atoms with van der Waals surface area (Å²) in [5.74, 6) is 0. The van der Waals surface area contributed by atoms with Crippen LogP contribution in [-0.2, 0) is 26.6 Å². The monoisotopic (exact) mass is 247 g/mol. The second kappa shape index (κ2) is 4.55. The summed E-state index contributed by atoms with van der Waals surface area (Å²) in [5.41, 5.74) is 3.48. The van der Waals surface area contributed by atoms with Crippen LogP contribution in [0.2, 0.25) is 0 Å². The highest BCUT2D eigenvalue weighted by atomic mass is 16.3. The van der Waals surface area contributed by atoms with Crippen LogP contribution in [0.5, 0.6) is 0 Å². The van der Waals surface area contributed by atoms with Gasteiger partial charge in [0.25, 0.3) is 0 Å². The van der Waals surface area contributed by atoms with E-state index in [0.717, 1.165) is 30.8 Å². The number of imidazole rings is 1. The van der Waals surface area contributed by atoms with Gasteiger partial charge in [-0.15, -0.1) is 0 Å². The number of aliphatic hydroxyl groups is 1. The van der Waals surface area contributed by atoms with E-state index in [1.165, 1.54) is 5.69 Å². The molecule has 18 heavy (non-hydrogen) atoms. The Morgan fingerprint density at radius 3 is 3.17 bits per heavy atom. The highest BCUT2D eigenvalue weighted by Gasteiger charge is 2.28. The fourth-order valence-corrected chi connectivity index (χ4v) is 2.54. The lowest BCUT2D eigenvalue weighted by atomic mass is 10.0. The molecular formula is C12H17N5O. The zero-order chi connectivity index (χ0) is 12.5. The van der Waals surface area contributed by atoms with Gasteiger partial charge in [-0.1, -0.05) is 0 Å². The van der Waals surface area contributed by atoms with Crippen LogP contribution in [-0.4, -0.2) is 42.4 Å². The van der Waals surface area contributed by atoms with Crippen molar-refractivity contribution in [2.75, 3.05) is 6.61 Å². The molecule has 0 saturated heterocycles. The molecule has 2 aromatic rings. The minimum atomic E-state index is 0.155. The number of aromatic amines is 1. The molecule has 96 valence electrons. The summed E-state index contributed by atoms with van der Waals surface area (Å²) in [6.45, 7) is 1.74. The van der Waals surface area contributed by atoms with Gasteiger partial charge in [-0.3, -0.25) is 10.00 Å². The number of hydrogen-bond donors (Lipinski definition) is 2. The highest BCUT2D eigenvalue weighted by molar-refractivity contribution is 5.18. The molecule has 0 radical (unpaired) electrons. The number of hydrogen-bond acceptors (Lipinski definition) is 4. The molecule has 6 heteroatoms. The Hall–Kier alpha value is -1.66. The Balaban J connectivity index is 1.82. The van der Waals surface area contributed by atoms with E-state index in [-0.39, 0.29) is 12.6 Å². The number of aryl methyl sites for hydroxylation is 1. The molecule has 2 N–H and O–H groups in total. The van der Waals surface area contributed by atoms with Crippen LogP contribution < -0.4 is 0 Å². The van der Waals surface area contributed by atoms with Crippen LogP contribution in [0, 0.1) is 0 Å². The van der Waals surface area contributed by atoms with Gasteiger partial charge < -0.3 is 9.67 Å². The van der Waals surface area contributed by atoms with Gasteiger partial charge in [0, 0.05) is 50.1 Å². The van der Waals surface area contributed by atoms with Crippen molar-refractivity contribution in [3.63, 3.8) is 0 Å². The van der Waals surface area contributed by atoms with Crippen molar-refractivity contribution in [3.8, 4) is 0 Å². The number of aromatic nitrogens is 4. The predicted molar refractivity (Wildman–Crippen MR) is 65.6 cm³/mol. The minimum Gasteiger partial charge on any atom is -0.395 e. The summed E-state index contributed by atoms with van der Waals surface area (Å²) in [7, 11) is 2.01. The molecule has 0 spiro atoms. The van der Waals surface area contributed by atoms with E-state index in [1.807, 2.05) is 30.3 Å². The van der Waals surface area contributed by atoms with Gasteiger partial charge in [0.2, 0.25) is 0 Å². The molecule has 0 saturated carbocycles. The molecule has 0 amide bonds. The summed E-state index contributed by atoms with van der Waals surface area (Å²) >= 11 is 0. The van der Waals surface area contributed by atoms with Crippen LogP contribution in [0.3, 0.4) is 0 Å². The van der Waals surface area contributed by atoms with Gasteiger partial charge in [0.15, 0.2) is 0 Å². The smallest absolute Gasteiger partial charge is 0.0949 e. The van der Waals surface area contributed by atoms with Crippen LogP contribution in [0.4, 0.5) is 0 Å². The quantitative estimate of drug-likeness (QED) is 0.805. The summed E-state index contributed by atoms with van der Waals surface area (Å²) in [6, 6.07) is 0.155. The number of nitrogens with zero attached hydrogens (tertiary/aromatic N) is 4. The van der Waals surface area contributed by atoms with Crippen molar-refractivity contribution < 1.29 is 5.11 Å². The van der Waals surface area contributed by atoms with Gasteiger partial charge >= 0.3 is 0 Å². The molecule has 1 aliphatic rings. The second-order valence-corrected chi connectivity index (χ2v) is 4.80. The normalized spacial score (nSPS) is 20.0. The Morgan fingerprint density at radius 1 is 1.56 bits per heavy atom. The molecule has 0 aromatic carbocycles. The van der Waals surface area contributed by atoms with E-state index in [2.05, 4.69) is 20.1 Å². The van der Waals surface area contributed by atoms with E-state index < -0.39 is 0 Å². The van der Waals surface area contributed by atoms with Crippen LogP contribution >= 0.6 is 0 Å². The van der Waals surface area contributed by atoms with Crippen molar-refractivity contribution in [3.05, 3.63) is 35.7 Å². The lowest BCUT2D eigenvalue weighted by molar-refractivity contribution is 0.0967. The third kappa shape index (κ3) is 1.93. The molecule has 0 unspecified atom stereocenters. The Kier molecular flexibility index (Phi) is 2.89.